The minimum atomic E-state index is -3.62. The van der Waals surface area contributed by atoms with Crippen molar-refractivity contribution in [2.75, 3.05) is 31.5 Å². The molecule has 1 saturated heterocycles. The van der Waals surface area contributed by atoms with Crippen molar-refractivity contribution in [1.29, 1.82) is 0 Å². The molecule has 0 aliphatic carbocycles. The second-order valence-corrected chi connectivity index (χ2v) is 9.73. The van der Waals surface area contributed by atoms with Gasteiger partial charge in [-0.2, -0.15) is 4.31 Å². The lowest BCUT2D eigenvalue weighted by Gasteiger charge is -2.34. The van der Waals surface area contributed by atoms with Crippen LogP contribution in [0.3, 0.4) is 0 Å². The number of hydrogen-bond acceptors (Lipinski definition) is 3. The van der Waals surface area contributed by atoms with Crippen LogP contribution in [0, 0.1) is 6.92 Å². The van der Waals surface area contributed by atoms with E-state index >= 15 is 0 Å². The van der Waals surface area contributed by atoms with Crippen molar-refractivity contribution in [3.05, 3.63) is 59.2 Å². The van der Waals surface area contributed by atoms with Gasteiger partial charge in [0.2, 0.25) is 10.0 Å². The first kappa shape index (κ1) is 20.7. The molecule has 0 radical (unpaired) electrons. The van der Waals surface area contributed by atoms with Crippen LogP contribution in [0.25, 0.3) is 10.9 Å². The second-order valence-electron chi connectivity index (χ2n) is 7.38. The van der Waals surface area contributed by atoms with Crippen molar-refractivity contribution in [3.63, 3.8) is 0 Å². The third-order valence-corrected chi connectivity index (χ3v) is 7.83. The Kier molecular flexibility index (Phi) is 5.48. The first-order valence-electron chi connectivity index (χ1n) is 9.63. The maximum absolute atomic E-state index is 13.1. The molecule has 1 aromatic heterocycles. The van der Waals surface area contributed by atoms with Gasteiger partial charge in [0.05, 0.1) is 4.90 Å². The largest absolute Gasteiger partial charge is 0.351 e. The molecule has 1 fully saturated rings. The van der Waals surface area contributed by atoms with Crippen molar-refractivity contribution in [3.8, 4) is 0 Å². The molecule has 9 heteroatoms. The minimum absolute atomic E-state index is 0.247. The lowest BCUT2D eigenvalue weighted by Crippen LogP contribution is -2.51. The molecule has 0 spiro atoms. The highest BCUT2D eigenvalue weighted by atomic mass is 35.5. The summed E-state index contributed by atoms with van der Waals surface area (Å²) in [5, 5.41) is 4.33. The number of amides is 2. The molecule has 1 aliphatic heterocycles. The van der Waals surface area contributed by atoms with Gasteiger partial charge in [-0.15, -0.1) is 0 Å². The molecule has 30 heavy (non-hydrogen) atoms. The number of piperazine rings is 1. The number of carbonyl (C=O) groups is 1. The number of urea groups is 1. The molecule has 4 rings (SSSR count). The predicted molar refractivity (Wildman–Crippen MR) is 118 cm³/mol. The molecule has 0 saturated carbocycles. The molecule has 0 unspecified atom stereocenters. The zero-order valence-corrected chi connectivity index (χ0v) is 18.4. The standard InChI is InChI=1S/C21H23ClN4O3S/c1-15-18(22)4-3-5-19(15)23-21(27)25-10-12-26(13-11-25)30(28,29)17-6-7-20-16(14-17)8-9-24(20)2/h3-9,14H,10-13H2,1-2H3,(H,23,27). The molecule has 3 aromatic rings. The molecule has 1 N–H and O–H groups in total. The summed E-state index contributed by atoms with van der Waals surface area (Å²) in [6.45, 7) is 2.97. The summed E-state index contributed by atoms with van der Waals surface area (Å²) in [5.41, 5.74) is 2.43. The average Bonchev–Trinajstić information content (AvgIpc) is 3.12. The van der Waals surface area contributed by atoms with E-state index in [-0.39, 0.29) is 24.0 Å². The Morgan fingerprint density at radius 1 is 1.07 bits per heavy atom. The van der Waals surface area contributed by atoms with E-state index < -0.39 is 10.0 Å². The third kappa shape index (κ3) is 3.78. The number of rotatable bonds is 3. The summed E-state index contributed by atoms with van der Waals surface area (Å²) in [7, 11) is -1.69. The summed E-state index contributed by atoms with van der Waals surface area (Å²) in [6.07, 6.45) is 1.90. The van der Waals surface area contributed by atoms with Crippen LogP contribution in [0.4, 0.5) is 10.5 Å². The first-order valence-corrected chi connectivity index (χ1v) is 11.5. The molecule has 2 amide bonds. The zero-order chi connectivity index (χ0) is 21.5. The number of sulfonamides is 1. The number of halogens is 1. The fraction of sp³-hybridized carbons (Fsp3) is 0.286. The predicted octanol–water partition coefficient (Wildman–Crippen LogP) is 3.68. The molecule has 1 aliphatic rings. The molecule has 0 atom stereocenters. The number of nitrogens with zero attached hydrogens (tertiary/aromatic N) is 3. The highest BCUT2D eigenvalue weighted by molar-refractivity contribution is 7.89. The molecular weight excluding hydrogens is 424 g/mol. The van der Waals surface area contributed by atoms with Crippen molar-refractivity contribution < 1.29 is 13.2 Å². The number of carbonyl (C=O) groups excluding carboxylic acids is 1. The van der Waals surface area contributed by atoms with Gasteiger partial charge in [0, 0.05) is 61.0 Å². The number of nitrogens with one attached hydrogen (secondary N) is 1. The summed E-state index contributed by atoms with van der Waals surface area (Å²) < 4.78 is 29.5. The molecule has 7 nitrogen and oxygen atoms in total. The number of hydrogen-bond donors (Lipinski definition) is 1. The van der Waals surface area contributed by atoms with Gasteiger partial charge >= 0.3 is 6.03 Å². The number of anilines is 1. The zero-order valence-electron chi connectivity index (χ0n) is 16.8. The maximum atomic E-state index is 13.1. The lowest BCUT2D eigenvalue weighted by molar-refractivity contribution is 0.184. The van der Waals surface area contributed by atoms with Gasteiger partial charge in [0.1, 0.15) is 0 Å². The highest BCUT2D eigenvalue weighted by Crippen LogP contribution is 2.25. The van der Waals surface area contributed by atoms with E-state index in [2.05, 4.69) is 5.32 Å². The van der Waals surface area contributed by atoms with E-state index in [0.717, 1.165) is 16.5 Å². The Hall–Kier alpha value is -2.55. The van der Waals surface area contributed by atoms with Crippen LogP contribution in [0.2, 0.25) is 5.02 Å². The second kappa shape index (κ2) is 7.94. The van der Waals surface area contributed by atoms with E-state index in [1.165, 1.54) is 4.31 Å². The number of aryl methyl sites for hydroxylation is 1. The Bertz CT molecular complexity index is 1210. The van der Waals surface area contributed by atoms with Gasteiger partial charge in [-0.25, -0.2) is 13.2 Å². The quantitative estimate of drug-likeness (QED) is 0.666. The molecule has 2 aromatic carbocycles. The smallest absolute Gasteiger partial charge is 0.321 e. The van der Waals surface area contributed by atoms with Gasteiger partial charge in [-0.3, -0.25) is 0 Å². The topological polar surface area (TPSA) is 74.7 Å². The van der Waals surface area contributed by atoms with E-state index in [1.807, 2.05) is 36.9 Å². The van der Waals surface area contributed by atoms with Gasteiger partial charge in [-0.05, 0) is 48.9 Å². The number of fused-ring (bicyclic) bond motifs is 1. The molecule has 2 heterocycles. The monoisotopic (exact) mass is 446 g/mol. The Labute approximate surface area is 180 Å². The van der Waals surface area contributed by atoms with Crippen molar-refractivity contribution in [2.24, 2.45) is 7.05 Å². The van der Waals surface area contributed by atoms with Crippen LogP contribution in [-0.2, 0) is 17.1 Å². The van der Waals surface area contributed by atoms with E-state index in [9.17, 15) is 13.2 Å². The van der Waals surface area contributed by atoms with Crippen LogP contribution in [0.15, 0.2) is 53.6 Å². The number of aromatic nitrogens is 1. The Morgan fingerprint density at radius 2 is 1.80 bits per heavy atom. The highest BCUT2D eigenvalue weighted by Gasteiger charge is 2.30. The van der Waals surface area contributed by atoms with Crippen molar-refractivity contribution >= 4 is 44.2 Å². The molecular formula is C21H23ClN4O3S. The third-order valence-electron chi connectivity index (χ3n) is 5.53. The fourth-order valence-electron chi connectivity index (χ4n) is 3.64. The summed E-state index contributed by atoms with van der Waals surface area (Å²) in [5.74, 6) is 0. The van der Waals surface area contributed by atoms with E-state index in [1.54, 1.807) is 35.2 Å². The van der Waals surface area contributed by atoms with Gasteiger partial charge in [0.25, 0.3) is 0 Å². The van der Waals surface area contributed by atoms with Gasteiger partial charge < -0.3 is 14.8 Å². The van der Waals surface area contributed by atoms with Gasteiger partial charge in [0.15, 0.2) is 0 Å². The summed E-state index contributed by atoms with van der Waals surface area (Å²) >= 11 is 6.11. The maximum Gasteiger partial charge on any atom is 0.321 e. The van der Waals surface area contributed by atoms with Crippen LogP contribution >= 0.6 is 11.6 Å². The molecule has 0 bridgehead atoms. The SMILES string of the molecule is Cc1c(Cl)cccc1NC(=O)N1CCN(S(=O)(=O)c2ccc3c(ccn3C)c2)CC1. The van der Waals surface area contributed by atoms with E-state index in [4.69, 9.17) is 11.6 Å². The normalized spacial score (nSPS) is 15.5. The molecule has 158 valence electrons. The minimum Gasteiger partial charge on any atom is -0.351 e. The van der Waals surface area contributed by atoms with Crippen LogP contribution in [0.5, 0.6) is 0 Å². The van der Waals surface area contributed by atoms with E-state index in [0.29, 0.717) is 23.8 Å². The Morgan fingerprint density at radius 3 is 2.53 bits per heavy atom. The lowest BCUT2D eigenvalue weighted by atomic mass is 10.2. The fourth-order valence-corrected chi connectivity index (χ4v) is 5.27. The van der Waals surface area contributed by atoms with Crippen molar-refractivity contribution in [2.45, 2.75) is 11.8 Å². The first-order chi connectivity index (χ1) is 14.3. The van der Waals surface area contributed by atoms with Gasteiger partial charge in [-0.1, -0.05) is 17.7 Å². The Balaban J connectivity index is 1.44. The van der Waals surface area contributed by atoms with Crippen LogP contribution in [-0.4, -0.2) is 54.4 Å². The number of benzene rings is 2. The average molecular weight is 447 g/mol. The van der Waals surface area contributed by atoms with Crippen LogP contribution < -0.4 is 5.32 Å². The summed E-state index contributed by atoms with van der Waals surface area (Å²) in [6, 6.07) is 12.1. The summed E-state index contributed by atoms with van der Waals surface area (Å²) in [4.78, 5) is 14.5. The van der Waals surface area contributed by atoms with Crippen molar-refractivity contribution in [1.82, 2.24) is 13.8 Å². The van der Waals surface area contributed by atoms with Crippen LogP contribution in [0.1, 0.15) is 5.56 Å².